The molecule has 2 N–H and O–H groups in total. The molecule has 1 heterocycles. The van der Waals surface area contributed by atoms with Crippen molar-refractivity contribution in [3.63, 3.8) is 0 Å². The van der Waals surface area contributed by atoms with Crippen LogP contribution in [0.5, 0.6) is 0 Å². The lowest BCUT2D eigenvalue weighted by Crippen LogP contribution is -2.42. The van der Waals surface area contributed by atoms with E-state index in [1.165, 1.54) is 0 Å². The topological polar surface area (TPSA) is 46.3 Å². The number of hydrogen-bond acceptors (Lipinski definition) is 2. The Morgan fingerprint density at radius 2 is 1.88 bits per heavy atom. The first kappa shape index (κ1) is 13.5. The van der Waals surface area contributed by atoms with Crippen molar-refractivity contribution in [1.29, 1.82) is 0 Å². The molecule has 0 aliphatic carbocycles. The lowest BCUT2D eigenvalue weighted by molar-refractivity contribution is -0.132. The number of nitrogens with zero attached hydrogens (tertiary/aromatic N) is 1. The first-order valence-corrected chi connectivity index (χ1v) is 6.42. The molecule has 94 valence electrons. The van der Waals surface area contributed by atoms with E-state index in [0.717, 1.165) is 38.8 Å². The van der Waals surface area contributed by atoms with Gasteiger partial charge in [0.25, 0.3) is 0 Å². The zero-order chi connectivity index (χ0) is 12.2. The van der Waals surface area contributed by atoms with Crippen LogP contribution < -0.4 is 5.73 Å². The monoisotopic (exact) mass is 226 g/mol. The second kappa shape index (κ2) is 5.67. The third-order valence-electron chi connectivity index (χ3n) is 3.21. The van der Waals surface area contributed by atoms with E-state index in [1.807, 2.05) is 4.90 Å². The molecule has 1 fully saturated rings. The Morgan fingerprint density at radius 3 is 2.38 bits per heavy atom. The van der Waals surface area contributed by atoms with E-state index in [1.54, 1.807) is 0 Å². The van der Waals surface area contributed by atoms with Gasteiger partial charge < -0.3 is 10.6 Å². The zero-order valence-corrected chi connectivity index (χ0v) is 11.0. The highest BCUT2D eigenvalue weighted by Crippen LogP contribution is 2.22. The van der Waals surface area contributed by atoms with Gasteiger partial charge in [0, 0.05) is 25.6 Å². The number of piperidine rings is 1. The fourth-order valence-corrected chi connectivity index (χ4v) is 2.08. The highest BCUT2D eigenvalue weighted by molar-refractivity contribution is 5.76. The molecule has 0 aromatic heterocycles. The smallest absolute Gasteiger partial charge is 0.222 e. The normalized spacial score (nSPS) is 18.9. The molecule has 3 nitrogen and oxygen atoms in total. The quantitative estimate of drug-likeness (QED) is 0.801. The first-order valence-electron chi connectivity index (χ1n) is 6.42. The van der Waals surface area contributed by atoms with Gasteiger partial charge in [-0.2, -0.15) is 0 Å². The summed E-state index contributed by atoms with van der Waals surface area (Å²) in [6.45, 7) is 8.37. The van der Waals surface area contributed by atoms with E-state index >= 15 is 0 Å². The maximum absolute atomic E-state index is 11.9. The molecule has 16 heavy (non-hydrogen) atoms. The number of hydrogen-bond donors (Lipinski definition) is 1. The zero-order valence-electron chi connectivity index (χ0n) is 11.0. The number of amides is 1. The van der Waals surface area contributed by atoms with Crippen LogP contribution in [0.25, 0.3) is 0 Å². The predicted molar refractivity (Wildman–Crippen MR) is 67.1 cm³/mol. The van der Waals surface area contributed by atoms with E-state index in [0.29, 0.717) is 23.8 Å². The van der Waals surface area contributed by atoms with Crippen molar-refractivity contribution in [3.05, 3.63) is 0 Å². The van der Waals surface area contributed by atoms with Crippen LogP contribution in [-0.2, 0) is 4.79 Å². The molecular weight excluding hydrogens is 200 g/mol. The van der Waals surface area contributed by atoms with E-state index in [4.69, 9.17) is 5.73 Å². The van der Waals surface area contributed by atoms with Crippen LogP contribution in [0.15, 0.2) is 0 Å². The highest BCUT2D eigenvalue weighted by Gasteiger charge is 2.20. The molecule has 0 spiro atoms. The second-order valence-corrected chi connectivity index (χ2v) is 6.13. The van der Waals surface area contributed by atoms with Gasteiger partial charge in [0.15, 0.2) is 0 Å². The maximum atomic E-state index is 11.9. The van der Waals surface area contributed by atoms with Crippen LogP contribution in [0, 0.1) is 5.41 Å². The number of carbonyl (C=O) groups excluding carboxylic acids is 1. The van der Waals surface area contributed by atoms with Crippen molar-refractivity contribution in [2.45, 2.75) is 58.9 Å². The van der Waals surface area contributed by atoms with E-state index in [2.05, 4.69) is 20.8 Å². The summed E-state index contributed by atoms with van der Waals surface area (Å²) in [5.41, 5.74) is 6.15. The van der Waals surface area contributed by atoms with Crippen molar-refractivity contribution >= 4 is 5.91 Å². The van der Waals surface area contributed by atoms with E-state index in [9.17, 15) is 4.79 Å². The number of carbonyl (C=O) groups is 1. The molecule has 0 aromatic rings. The van der Waals surface area contributed by atoms with Crippen LogP contribution in [0.2, 0.25) is 0 Å². The number of rotatable bonds is 3. The summed E-state index contributed by atoms with van der Waals surface area (Å²) >= 11 is 0. The summed E-state index contributed by atoms with van der Waals surface area (Å²) in [6, 6.07) is 0.304. The second-order valence-electron chi connectivity index (χ2n) is 6.13. The standard InChI is InChI=1S/C13H26N2O/c1-13(2,3)8-4-5-12(16)15-9-6-11(14)7-10-15/h11H,4-10,14H2,1-3H3. The fourth-order valence-electron chi connectivity index (χ4n) is 2.08. The lowest BCUT2D eigenvalue weighted by Gasteiger charge is -2.30. The van der Waals surface area contributed by atoms with Crippen molar-refractivity contribution in [2.24, 2.45) is 11.1 Å². The summed E-state index contributed by atoms with van der Waals surface area (Å²) in [7, 11) is 0. The van der Waals surface area contributed by atoms with Gasteiger partial charge in [-0.25, -0.2) is 0 Å². The Labute approximate surface area is 99.4 Å². The Hall–Kier alpha value is -0.570. The highest BCUT2D eigenvalue weighted by atomic mass is 16.2. The third kappa shape index (κ3) is 4.97. The fraction of sp³-hybridized carbons (Fsp3) is 0.923. The SMILES string of the molecule is CC(C)(C)CCCC(=O)N1CCC(N)CC1. The van der Waals surface area contributed by atoms with Gasteiger partial charge in [0.1, 0.15) is 0 Å². The largest absolute Gasteiger partial charge is 0.343 e. The molecular formula is C13H26N2O. The van der Waals surface area contributed by atoms with Gasteiger partial charge >= 0.3 is 0 Å². The Balaban J connectivity index is 2.20. The average molecular weight is 226 g/mol. The van der Waals surface area contributed by atoms with Gasteiger partial charge in [0.2, 0.25) is 5.91 Å². The minimum Gasteiger partial charge on any atom is -0.343 e. The number of nitrogens with two attached hydrogens (primary N) is 1. The Morgan fingerprint density at radius 1 is 1.31 bits per heavy atom. The van der Waals surface area contributed by atoms with Crippen molar-refractivity contribution in [1.82, 2.24) is 4.90 Å². The molecule has 0 unspecified atom stereocenters. The van der Waals surface area contributed by atoms with Gasteiger partial charge in [-0.05, 0) is 31.1 Å². The molecule has 1 aliphatic heterocycles. The molecule has 0 radical (unpaired) electrons. The molecule has 1 rings (SSSR count). The average Bonchev–Trinajstić information content (AvgIpc) is 2.16. The van der Waals surface area contributed by atoms with Gasteiger partial charge in [-0.1, -0.05) is 20.8 Å². The summed E-state index contributed by atoms with van der Waals surface area (Å²) in [6.07, 6.45) is 4.75. The molecule has 3 heteroatoms. The molecule has 1 amide bonds. The van der Waals surface area contributed by atoms with Crippen molar-refractivity contribution < 1.29 is 4.79 Å². The molecule has 1 aliphatic rings. The van der Waals surface area contributed by atoms with Crippen LogP contribution in [0.1, 0.15) is 52.9 Å². The van der Waals surface area contributed by atoms with Gasteiger partial charge in [0.05, 0.1) is 0 Å². The van der Waals surface area contributed by atoms with Gasteiger partial charge in [-0.15, -0.1) is 0 Å². The van der Waals surface area contributed by atoms with Crippen LogP contribution in [0.4, 0.5) is 0 Å². The molecule has 0 bridgehead atoms. The van der Waals surface area contributed by atoms with Crippen LogP contribution in [0.3, 0.4) is 0 Å². The molecule has 0 aromatic carbocycles. The molecule has 0 saturated carbocycles. The lowest BCUT2D eigenvalue weighted by atomic mass is 9.90. The minimum absolute atomic E-state index is 0.304. The van der Waals surface area contributed by atoms with Crippen LogP contribution >= 0.6 is 0 Å². The summed E-state index contributed by atoms with van der Waals surface area (Å²) in [5, 5.41) is 0. The Kier molecular flexibility index (Phi) is 4.78. The molecule has 0 atom stereocenters. The summed E-state index contributed by atoms with van der Waals surface area (Å²) < 4.78 is 0. The third-order valence-corrected chi connectivity index (χ3v) is 3.21. The van der Waals surface area contributed by atoms with Gasteiger partial charge in [-0.3, -0.25) is 4.79 Å². The summed E-state index contributed by atoms with van der Waals surface area (Å²) in [5.74, 6) is 0.316. The summed E-state index contributed by atoms with van der Waals surface area (Å²) in [4.78, 5) is 13.9. The predicted octanol–water partition coefficient (Wildman–Crippen LogP) is 2.15. The Bertz CT molecular complexity index is 225. The van der Waals surface area contributed by atoms with Crippen molar-refractivity contribution in [2.75, 3.05) is 13.1 Å². The van der Waals surface area contributed by atoms with Crippen LogP contribution in [-0.4, -0.2) is 29.9 Å². The van der Waals surface area contributed by atoms with E-state index in [-0.39, 0.29) is 0 Å². The minimum atomic E-state index is 0.304. The first-order chi connectivity index (χ1) is 7.38. The number of likely N-dealkylation sites (tertiary alicyclic amines) is 1. The maximum Gasteiger partial charge on any atom is 0.222 e. The van der Waals surface area contributed by atoms with E-state index < -0.39 is 0 Å². The van der Waals surface area contributed by atoms with Crippen molar-refractivity contribution in [3.8, 4) is 0 Å². The molecule has 1 saturated heterocycles.